The Kier molecular flexibility index (Phi) is 8.81. The number of rotatable bonds is 9. The first-order valence-corrected chi connectivity index (χ1v) is 11.4. The van der Waals surface area contributed by atoms with Crippen molar-refractivity contribution >= 4 is 44.0 Å². The first kappa shape index (κ1) is 23.9. The minimum atomic E-state index is -0.341. The van der Waals surface area contributed by atoms with Gasteiger partial charge in [0, 0.05) is 4.47 Å². The van der Waals surface area contributed by atoms with E-state index in [1.165, 1.54) is 18.3 Å². The molecule has 0 aromatic heterocycles. The molecule has 1 N–H and O–H groups in total. The van der Waals surface area contributed by atoms with Gasteiger partial charge in [-0.05, 0) is 75.9 Å². The summed E-state index contributed by atoms with van der Waals surface area (Å²) in [6.45, 7) is 2.75. The number of hydrogen-bond acceptors (Lipinski definition) is 4. The maximum absolute atomic E-state index is 13.0. The normalized spacial score (nSPS) is 10.9. The van der Waals surface area contributed by atoms with Crippen molar-refractivity contribution in [1.82, 2.24) is 5.43 Å². The molecule has 0 saturated carbocycles. The Balaban J connectivity index is 1.65. The van der Waals surface area contributed by atoms with Gasteiger partial charge in [0.2, 0.25) is 5.91 Å². The number of carbonyl (C=O) groups is 1. The number of nitrogens with one attached hydrogen (secondary N) is 1. The number of ether oxygens (including phenoxy) is 2. The van der Waals surface area contributed by atoms with Gasteiger partial charge in [0.25, 0.3) is 0 Å². The van der Waals surface area contributed by atoms with Crippen molar-refractivity contribution in [3.63, 3.8) is 0 Å². The fourth-order valence-corrected chi connectivity index (χ4v) is 3.65. The van der Waals surface area contributed by atoms with E-state index in [1.54, 1.807) is 18.2 Å². The molecule has 0 bridgehead atoms. The van der Waals surface area contributed by atoms with Gasteiger partial charge in [-0.15, -0.1) is 0 Å². The molecule has 32 heavy (non-hydrogen) atoms. The molecule has 166 valence electrons. The maximum Gasteiger partial charge on any atom is 0.244 e. The molecular formula is C24H21Br2FN2O3. The lowest BCUT2D eigenvalue weighted by Crippen LogP contribution is -2.19. The second kappa shape index (κ2) is 11.8. The van der Waals surface area contributed by atoms with Crippen LogP contribution in [0, 0.1) is 5.82 Å². The van der Waals surface area contributed by atoms with Gasteiger partial charge in [0.1, 0.15) is 12.4 Å². The van der Waals surface area contributed by atoms with Crippen molar-refractivity contribution < 1.29 is 18.7 Å². The molecule has 0 aliphatic rings. The van der Waals surface area contributed by atoms with E-state index >= 15 is 0 Å². The molecule has 3 aromatic rings. The summed E-state index contributed by atoms with van der Waals surface area (Å²) in [5.74, 6) is 0.517. The number of amides is 1. The van der Waals surface area contributed by atoms with Gasteiger partial charge in [0.05, 0.1) is 23.7 Å². The lowest BCUT2D eigenvalue weighted by molar-refractivity contribution is -0.120. The monoisotopic (exact) mass is 562 g/mol. The van der Waals surface area contributed by atoms with Crippen LogP contribution in [0.3, 0.4) is 0 Å². The van der Waals surface area contributed by atoms with Crippen LogP contribution in [-0.4, -0.2) is 18.7 Å². The molecule has 0 saturated heterocycles. The third-order valence-corrected chi connectivity index (χ3v) is 5.43. The molecule has 0 radical (unpaired) electrons. The van der Waals surface area contributed by atoms with E-state index in [2.05, 4.69) is 42.4 Å². The molecular weight excluding hydrogens is 543 g/mol. The third kappa shape index (κ3) is 7.17. The Morgan fingerprint density at radius 3 is 2.41 bits per heavy atom. The van der Waals surface area contributed by atoms with Crippen LogP contribution in [0.4, 0.5) is 4.39 Å². The number of benzene rings is 3. The molecule has 3 rings (SSSR count). The van der Waals surface area contributed by atoms with Gasteiger partial charge in [-0.3, -0.25) is 4.79 Å². The quantitative estimate of drug-likeness (QED) is 0.256. The molecule has 0 spiro atoms. The lowest BCUT2D eigenvalue weighted by atomic mass is 10.1. The number of hydrogen-bond donors (Lipinski definition) is 1. The summed E-state index contributed by atoms with van der Waals surface area (Å²) in [4.78, 5) is 12.0. The zero-order valence-corrected chi connectivity index (χ0v) is 20.5. The van der Waals surface area contributed by atoms with Crippen molar-refractivity contribution in [1.29, 1.82) is 0 Å². The number of carbonyl (C=O) groups excluding carboxylic acids is 1. The van der Waals surface area contributed by atoms with Crippen LogP contribution in [-0.2, 0) is 17.8 Å². The smallest absolute Gasteiger partial charge is 0.244 e. The number of nitrogens with zero attached hydrogens (tertiary/aromatic N) is 1. The van der Waals surface area contributed by atoms with Crippen LogP contribution >= 0.6 is 31.9 Å². The fraction of sp³-hybridized carbons (Fsp3) is 0.167. The Morgan fingerprint density at radius 2 is 1.72 bits per heavy atom. The SMILES string of the molecule is CCOc1cc(/C=N/NC(=O)Cc2ccc(F)cc2)cc(Br)c1OCc1ccc(Br)cc1. The van der Waals surface area contributed by atoms with Crippen LogP contribution in [0.1, 0.15) is 23.6 Å². The summed E-state index contributed by atoms with van der Waals surface area (Å²) in [6, 6.07) is 17.3. The van der Waals surface area contributed by atoms with Gasteiger partial charge in [-0.2, -0.15) is 5.10 Å². The van der Waals surface area contributed by atoms with E-state index in [-0.39, 0.29) is 18.1 Å². The van der Waals surface area contributed by atoms with E-state index < -0.39 is 0 Å². The predicted molar refractivity (Wildman–Crippen MR) is 130 cm³/mol. The summed E-state index contributed by atoms with van der Waals surface area (Å²) < 4.78 is 26.4. The topological polar surface area (TPSA) is 59.9 Å². The standard InChI is InChI=1S/C24H21Br2FN2O3/c1-2-31-22-12-18(14-28-29-23(30)13-16-5-9-20(27)10-6-16)11-21(26)24(22)32-15-17-3-7-19(25)8-4-17/h3-12,14H,2,13,15H2,1H3,(H,29,30)/b28-14+. The molecule has 0 unspecified atom stereocenters. The Labute approximate surface area is 202 Å². The number of hydrazone groups is 1. The van der Waals surface area contributed by atoms with Gasteiger partial charge >= 0.3 is 0 Å². The Bertz CT molecular complexity index is 1090. The highest BCUT2D eigenvalue weighted by atomic mass is 79.9. The van der Waals surface area contributed by atoms with E-state index in [1.807, 2.05) is 37.3 Å². The second-order valence-corrected chi connectivity index (χ2v) is 8.54. The highest BCUT2D eigenvalue weighted by Crippen LogP contribution is 2.37. The molecule has 0 atom stereocenters. The molecule has 0 fully saturated rings. The van der Waals surface area contributed by atoms with E-state index in [0.717, 1.165) is 15.6 Å². The zero-order chi connectivity index (χ0) is 22.9. The fourth-order valence-electron chi connectivity index (χ4n) is 2.81. The minimum Gasteiger partial charge on any atom is -0.490 e. The largest absolute Gasteiger partial charge is 0.490 e. The van der Waals surface area contributed by atoms with Crippen molar-refractivity contribution in [3.8, 4) is 11.5 Å². The summed E-state index contributed by atoms with van der Waals surface area (Å²) in [5.41, 5.74) is 4.92. The first-order valence-electron chi connectivity index (χ1n) is 9.84. The van der Waals surface area contributed by atoms with Crippen LogP contribution in [0.5, 0.6) is 11.5 Å². The zero-order valence-electron chi connectivity index (χ0n) is 17.3. The number of halogens is 3. The molecule has 0 aliphatic carbocycles. The summed E-state index contributed by atoms with van der Waals surface area (Å²) >= 11 is 6.95. The Morgan fingerprint density at radius 1 is 1.03 bits per heavy atom. The Hall–Kier alpha value is -2.71. The summed E-state index contributed by atoms with van der Waals surface area (Å²) in [7, 11) is 0. The molecule has 0 heterocycles. The molecule has 8 heteroatoms. The van der Waals surface area contributed by atoms with Crippen molar-refractivity contribution in [2.75, 3.05) is 6.61 Å². The first-order chi connectivity index (χ1) is 15.4. The van der Waals surface area contributed by atoms with Gasteiger partial charge in [-0.1, -0.05) is 40.2 Å². The molecule has 1 amide bonds. The van der Waals surface area contributed by atoms with Crippen molar-refractivity contribution in [2.24, 2.45) is 5.10 Å². The molecule has 5 nitrogen and oxygen atoms in total. The van der Waals surface area contributed by atoms with Gasteiger partial charge < -0.3 is 9.47 Å². The third-order valence-electron chi connectivity index (χ3n) is 4.31. The highest BCUT2D eigenvalue weighted by molar-refractivity contribution is 9.10. The highest BCUT2D eigenvalue weighted by Gasteiger charge is 2.12. The average molecular weight is 564 g/mol. The maximum atomic E-state index is 13.0. The van der Waals surface area contributed by atoms with Gasteiger partial charge in [0.15, 0.2) is 11.5 Å². The van der Waals surface area contributed by atoms with Crippen LogP contribution in [0.25, 0.3) is 0 Å². The van der Waals surface area contributed by atoms with E-state index in [4.69, 9.17) is 9.47 Å². The van der Waals surface area contributed by atoms with Crippen molar-refractivity contribution in [2.45, 2.75) is 20.0 Å². The molecule has 0 aliphatic heterocycles. The average Bonchev–Trinajstić information content (AvgIpc) is 2.76. The van der Waals surface area contributed by atoms with Crippen molar-refractivity contribution in [3.05, 3.63) is 92.1 Å². The van der Waals surface area contributed by atoms with Gasteiger partial charge in [-0.25, -0.2) is 9.82 Å². The van der Waals surface area contributed by atoms with E-state index in [0.29, 0.717) is 34.7 Å². The van der Waals surface area contributed by atoms with Crippen LogP contribution in [0.2, 0.25) is 0 Å². The summed E-state index contributed by atoms with van der Waals surface area (Å²) in [5, 5.41) is 4.01. The van der Waals surface area contributed by atoms with E-state index in [9.17, 15) is 9.18 Å². The second-order valence-electron chi connectivity index (χ2n) is 6.77. The predicted octanol–water partition coefficient (Wildman–Crippen LogP) is 6.02. The summed E-state index contributed by atoms with van der Waals surface area (Å²) in [6.07, 6.45) is 1.63. The molecule has 3 aromatic carbocycles. The van der Waals surface area contributed by atoms with Crippen LogP contribution < -0.4 is 14.9 Å². The lowest BCUT2D eigenvalue weighted by Gasteiger charge is -2.14. The van der Waals surface area contributed by atoms with Crippen LogP contribution in [0.15, 0.2) is 74.7 Å². The minimum absolute atomic E-state index is 0.106.